The van der Waals surface area contributed by atoms with Gasteiger partial charge in [0.1, 0.15) is 12.7 Å². The lowest BCUT2D eigenvalue weighted by Gasteiger charge is -2.51. The van der Waals surface area contributed by atoms with Crippen molar-refractivity contribution in [1.29, 1.82) is 0 Å². The van der Waals surface area contributed by atoms with E-state index in [2.05, 4.69) is 53.9 Å². The summed E-state index contributed by atoms with van der Waals surface area (Å²) in [4.78, 5) is 7.25. The Labute approximate surface area is 149 Å². The van der Waals surface area contributed by atoms with Crippen molar-refractivity contribution in [2.24, 2.45) is 11.8 Å². The molecule has 5 rings (SSSR count). The Balaban J connectivity index is 1.54. The fourth-order valence-corrected chi connectivity index (χ4v) is 5.78. The van der Waals surface area contributed by atoms with E-state index >= 15 is 0 Å². The van der Waals surface area contributed by atoms with Crippen molar-refractivity contribution in [3.8, 4) is 12.3 Å². The number of aryl methyl sites for hydroxylation is 1. The zero-order valence-electron chi connectivity index (χ0n) is 14.9. The van der Waals surface area contributed by atoms with Crippen molar-refractivity contribution in [2.45, 2.75) is 44.4 Å². The maximum Gasteiger partial charge on any atom is 0.108 e. The first-order chi connectivity index (χ1) is 12.2. The van der Waals surface area contributed by atoms with E-state index in [0.717, 1.165) is 17.4 Å². The van der Waals surface area contributed by atoms with E-state index in [1.807, 2.05) is 6.20 Å². The maximum atomic E-state index is 6.23. The Morgan fingerprint density at radius 3 is 3.12 bits per heavy atom. The molecule has 0 radical (unpaired) electrons. The minimum Gasteiger partial charge on any atom is -0.359 e. The normalized spacial score (nSPS) is 34.0. The number of pyridine rings is 1. The van der Waals surface area contributed by atoms with E-state index in [-0.39, 0.29) is 6.10 Å². The van der Waals surface area contributed by atoms with Gasteiger partial charge in [-0.15, -0.1) is 6.42 Å². The SMILES string of the molecule is C#CCOC(c1ccnc2ccc(C)cc12)C1CC23C(C)C2CCN13. The molecule has 2 saturated heterocycles. The van der Waals surface area contributed by atoms with Gasteiger partial charge >= 0.3 is 0 Å². The highest BCUT2D eigenvalue weighted by molar-refractivity contribution is 5.83. The smallest absolute Gasteiger partial charge is 0.108 e. The van der Waals surface area contributed by atoms with Crippen LogP contribution < -0.4 is 0 Å². The molecule has 3 heterocycles. The van der Waals surface area contributed by atoms with Crippen LogP contribution in [0.15, 0.2) is 30.5 Å². The van der Waals surface area contributed by atoms with Gasteiger partial charge in [-0.05, 0) is 61.9 Å². The van der Waals surface area contributed by atoms with Gasteiger partial charge in [-0.1, -0.05) is 24.5 Å². The Bertz CT molecular complexity index is 885. The molecule has 1 aromatic heterocycles. The van der Waals surface area contributed by atoms with E-state index in [0.29, 0.717) is 18.2 Å². The molecule has 0 amide bonds. The second kappa shape index (κ2) is 5.30. The van der Waals surface area contributed by atoms with Crippen LogP contribution in [0.25, 0.3) is 10.9 Å². The van der Waals surface area contributed by atoms with Gasteiger partial charge in [-0.3, -0.25) is 9.88 Å². The number of terminal acetylenes is 1. The van der Waals surface area contributed by atoms with E-state index < -0.39 is 0 Å². The van der Waals surface area contributed by atoms with E-state index in [1.165, 1.54) is 35.9 Å². The van der Waals surface area contributed by atoms with Crippen LogP contribution >= 0.6 is 0 Å². The van der Waals surface area contributed by atoms with Crippen LogP contribution in [0.4, 0.5) is 0 Å². The number of rotatable bonds is 4. The predicted octanol–water partition coefficient (Wildman–Crippen LogP) is 3.72. The zero-order chi connectivity index (χ0) is 17.2. The van der Waals surface area contributed by atoms with Crippen LogP contribution in [-0.2, 0) is 4.74 Å². The number of fused-ring (bicyclic) bond motifs is 1. The molecule has 25 heavy (non-hydrogen) atoms. The summed E-state index contributed by atoms with van der Waals surface area (Å²) in [6.07, 6.45) is 10.0. The quantitative estimate of drug-likeness (QED) is 0.798. The lowest BCUT2D eigenvalue weighted by atomic mass is 9.82. The summed E-state index contributed by atoms with van der Waals surface area (Å²) in [5.41, 5.74) is 4.01. The van der Waals surface area contributed by atoms with E-state index in [1.54, 1.807) is 0 Å². The van der Waals surface area contributed by atoms with Crippen molar-refractivity contribution in [2.75, 3.05) is 13.2 Å². The largest absolute Gasteiger partial charge is 0.359 e. The number of aromatic nitrogens is 1. The molecule has 2 aromatic rings. The molecule has 1 aliphatic carbocycles. The monoisotopic (exact) mass is 332 g/mol. The fraction of sp³-hybridized carbons (Fsp3) is 0.500. The highest BCUT2D eigenvalue weighted by atomic mass is 16.5. The third kappa shape index (κ3) is 1.99. The first-order valence-electron chi connectivity index (χ1n) is 9.34. The van der Waals surface area contributed by atoms with Crippen molar-refractivity contribution in [3.63, 3.8) is 0 Å². The molecule has 3 nitrogen and oxygen atoms in total. The van der Waals surface area contributed by atoms with Crippen LogP contribution in [0.3, 0.4) is 0 Å². The van der Waals surface area contributed by atoms with Crippen molar-refractivity contribution in [3.05, 3.63) is 41.6 Å². The lowest BCUT2D eigenvalue weighted by molar-refractivity contribution is -0.0895. The molecule has 0 N–H and O–H groups in total. The van der Waals surface area contributed by atoms with Crippen molar-refractivity contribution < 1.29 is 4.74 Å². The molecule has 5 atom stereocenters. The van der Waals surface area contributed by atoms with Gasteiger partial charge in [-0.2, -0.15) is 0 Å². The molecule has 128 valence electrons. The average molecular weight is 332 g/mol. The molecule has 5 unspecified atom stereocenters. The van der Waals surface area contributed by atoms with E-state index in [4.69, 9.17) is 11.2 Å². The van der Waals surface area contributed by atoms with Crippen LogP contribution in [-0.4, -0.2) is 34.6 Å². The molecular weight excluding hydrogens is 308 g/mol. The molecule has 0 bridgehead atoms. The van der Waals surface area contributed by atoms with Crippen molar-refractivity contribution >= 4 is 10.9 Å². The van der Waals surface area contributed by atoms with Gasteiger partial charge in [-0.25, -0.2) is 0 Å². The summed E-state index contributed by atoms with van der Waals surface area (Å²) >= 11 is 0. The number of nitrogens with zero attached hydrogens (tertiary/aromatic N) is 2. The molecular formula is C22H24N2O. The first-order valence-corrected chi connectivity index (χ1v) is 9.34. The van der Waals surface area contributed by atoms with Crippen LogP contribution in [0.5, 0.6) is 0 Å². The summed E-state index contributed by atoms with van der Waals surface area (Å²) in [5, 5.41) is 1.20. The minimum absolute atomic E-state index is 0.0283. The van der Waals surface area contributed by atoms with Gasteiger partial charge in [0.15, 0.2) is 0 Å². The first kappa shape index (κ1) is 15.4. The van der Waals surface area contributed by atoms with Gasteiger partial charge < -0.3 is 4.74 Å². The summed E-state index contributed by atoms with van der Waals surface area (Å²) in [7, 11) is 0. The summed E-state index contributed by atoms with van der Waals surface area (Å²) < 4.78 is 6.23. The van der Waals surface area contributed by atoms with E-state index in [9.17, 15) is 0 Å². The Hall–Kier alpha value is -1.89. The molecule has 3 heteroatoms. The topological polar surface area (TPSA) is 25.4 Å². The zero-order valence-corrected chi connectivity index (χ0v) is 14.9. The Kier molecular flexibility index (Phi) is 3.26. The molecule has 1 aromatic carbocycles. The molecule has 3 fully saturated rings. The van der Waals surface area contributed by atoms with Crippen LogP contribution in [0.1, 0.15) is 37.0 Å². The maximum absolute atomic E-state index is 6.23. The summed E-state index contributed by atoms with van der Waals surface area (Å²) in [5.74, 6) is 4.42. The third-order valence-corrected chi connectivity index (χ3v) is 7.01. The standard InChI is InChI=1S/C22H24N2O/c1-4-11-25-21(20-13-22-15(3)18(22)8-10-24(20)22)16-7-9-23-19-6-5-14(2)12-17(16)19/h1,5-7,9,12,15,18,20-21H,8,10-11,13H2,2-3H3. The predicted molar refractivity (Wildman–Crippen MR) is 99.1 cm³/mol. The van der Waals surface area contributed by atoms with Crippen molar-refractivity contribution in [1.82, 2.24) is 9.88 Å². The molecule has 3 aliphatic rings. The van der Waals surface area contributed by atoms with Gasteiger partial charge in [0.25, 0.3) is 0 Å². The van der Waals surface area contributed by atoms with Crippen LogP contribution in [0, 0.1) is 31.1 Å². The number of benzene rings is 1. The van der Waals surface area contributed by atoms with Gasteiger partial charge in [0, 0.05) is 23.2 Å². The third-order valence-electron chi connectivity index (χ3n) is 7.01. The number of hydrogen-bond acceptors (Lipinski definition) is 3. The second-order valence-electron chi connectivity index (χ2n) is 8.00. The second-order valence-corrected chi connectivity index (χ2v) is 8.00. The Morgan fingerprint density at radius 2 is 2.32 bits per heavy atom. The Morgan fingerprint density at radius 1 is 1.44 bits per heavy atom. The molecule has 1 saturated carbocycles. The lowest BCUT2D eigenvalue weighted by Crippen LogP contribution is -2.60. The number of hydrogen-bond donors (Lipinski definition) is 0. The fourth-order valence-electron chi connectivity index (χ4n) is 5.78. The van der Waals surface area contributed by atoms with Gasteiger partial charge in [0.05, 0.1) is 5.52 Å². The van der Waals surface area contributed by atoms with Gasteiger partial charge in [0.2, 0.25) is 0 Å². The number of piperidine rings is 1. The highest BCUT2D eigenvalue weighted by Crippen LogP contribution is 2.70. The highest BCUT2D eigenvalue weighted by Gasteiger charge is 2.76. The minimum atomic E-state index is 0.0283. The van der Waals surface area contributed by atoms with Crippen LogP contribution in [0.2, 0.25) is 0 Å². The summed E-state index contributed by atoms with van der Waals surface area (Å²) in [6.45, 7) is 6.10. The molecule has 1 spiro atoms. The number of ether oxygens (including phenoxy) is 1. The summed E-state index contributed by atoms with van der Waals surface area (Å²) in [6, 6.07) is 9.01. The molecule has 2 aliphatic heterocycles. The average Bonchev–Trinajstić information content (AvgIpc) is 3.07.